The van der Waals surface area contributed by atoms with E-state index in [0.29, 0.717) is 13.1 Å². The van der Waals surface area contributed by atoms with Crippen molar-refractivity contribution in [3.05, 3.63) is 35.4 Å². The number of hydrogen-bond acceptors (Lipinski definition) is 3. The molecule has 2 unspecified atom stereocenters. The Morgan fingerprint density at radius 3 is 2.67 bits per heavy atom. The zero-order valence-electron chi connectivity index (χ0n) is 13.4. The smallest absolute Gasteiger partial charge is 0.410 e. The molecule has 0 aliphatic carbocycles. The summed E-state index contributed by atoms with van der Waals surface area (Å²) in [5.41, 5.74) is 8.15. The zero-order chi connectivity index (χ0) is 15.6. The van der Waals surface area contributed by atoms with Gasteiger partial charge >= 0.3 is 6.09 Å². The van der Waals surface area contributed by atoms with Crippen molar-refractivity contribution in [1.82, 2.24) is 4.90 Å². The summed E-state index contributed by atoms with van der Waals surface area (Å²) in [7, 11) is 0. The maximum Gasteiger partial charge on any atom is 0.410 e. The molecule has 1 amide bonds. The Morgan fingerprint density at radius 1 is 1.33 bits per heavy atom. The maximum absolute atomic E-state index is 12.3. The molecule has 0 saturated carbocycles. The van der Waals surface area contributed by atoms with Gasteiger partial charge in [0.1, 0.15) is 5.60 Å². The van der Waals surface area contributed by atoms with Crippen LogP contribution in [0.3, 0.4) is 0 Å². The lowest BCUT2D eigenvalue weighted by molar-refractivity contribution is 0.0181. The second kappa shape index (κ2) is 6.06. The van der Waals surface area contributed by atoms with Gasteiger partial charge in [0.25, 0.3) is 0 Å². The van der Waals surface area contributed by atoms with Crippen molar-refractivity contribution in [2.24, 2.45) is 5.73 Å². The van der Waals surface area contributed by atoms with Crippen LogP contribution in [0.5, 0.6) is 0 Å². The van der Waals surface area contributed by atoms with Crippen molar-refractivity contribution in [2.45, 2.75) is 51.7 Å². The summed E-state index contributed by atoms with van der Waals surface area (Å²) in [5, 5.41) is 0. The Labute approximate surface area is 127 Å². The summed E-state index contributed by atoms with van der Waals surface area (Å²) in [4.78, 5) is 14.0. The van der Waals surface area contributed by atoms with E-state index in [1.807, 2.05) is 20.8 Å². The topological polar surface area (TPSA) is 55.6 Å². The van der Waals surface area contributed by atoms with Crippen molar-refractivity contribution in [3.63, 3.8) is 0 Å². The van der Waals surface area contributed by atoms with Crippen LogP contribution in [-0.4, -0.2) is 35.7 Å². The molecule has 1 heterocycles. The van der Waals surface area contributed by atoms with Gasteiger partial charge in [-0.15, -0.1) is 0 Å². The van der Waals surface area contributed by atoms with E-state index in [2.05, 4.69) is 31.2 Å². The molecule has 1 aliphatic heterocycles. The molecule has 2 atom stereocenters. The third-order valence-electron chi connectivity index (χ3n) is 3.65. The van der Waals surface area contributed by atoms with E-state index in [-0.39, 0.29) is 18.1 Å². The van der Waals surface area contributed by atoms with Gasteiger partial charge in [-0.2, -0.15) is 0 Å². The minimum Gasteiger partial charge on any atom is -0.444 e. The van der Waals surface area contributed by atoms with Gasteiger partial charge in [-0.1, -0.05) is 29.8 Å². The fourth-order valence-electron chi connectivity index (χ4n) is 2.78. The fraction of sp³-hybridized carbons (Fsp3) is 0.588. The monoisotopic (exact) mass is 290 g/mol. The number of nitrogens with zero attached hydrogens (tertiary/aromatic N) is 1. The molecule has 1 saturated heterocycles. The SMILES string of the molecule is Cc1cccc(C2CC(N)CN(C(=O)OC(C)(C)C)C2)c1. The fourth-order valence-corrected chi connectivity index (χ4v) is 2.78. The standard InChI is InChI=1S/C17H26N2O2/c1-12-6-5-7-13(8-12)14-9-15(18)11-19(10-14)16(20)21-17(2,3)4/h5-8,14-15H,9-11,18H2,1-4H3. The summed E-state index contributed by atoms with van der Waals surface area (Å²) in [6.45, 7) is 8.97. The van der Waals surface area contributed by atoms with Gasteiger partial charge < -0.3 is 15.4 Å². The molecule has 0 spiro atoms. The van der Waals surface area contributed by atoms with E-state index in [0.717, 1.165) is 6.42 Å². The molecule has 1 aliphatic rings. The van der Waals surface area contributed by atoms with Gasteiger partial charge in [-0.25, -0.2) is 4.79 Å². The number of benzene rings is 1. The van der Waals surface area contributed by atoms with Gasteiger partial charge in [0, 0.05) is 25.0 Å². The van der Waals surface area contributed by atoms with Gasteiger partial charge in [0.2, 0.25) is 0 Å². The molecule has 0 bridgehead atoms. The number of hydrogen-bond donors (Lipinski definition) is 1. The van der Waals surface area contributed by atoms with Crippen molar-refractivity contribution in [3.8, 4) is 0 Å². The molecule has 2 rings (SSSR count). The molecule has 0 aromatic heterocycles. The van der Waals surface area contributed by atoms with Crippen LogP contribution in [0.25, 0.3) is 0 Å². The van der Waals surface area contributed by atoms with E-state index in [4.69, 9.17) is 10.5 Å². The minimum atomic E-state index is -0.475. The van der Waals surface area contributed by atoms with Crippen LogP contribution in [0.2, 0.25) is 0 Å². The second-order valence-corrected chi connectivity index (χ2v) is 6.99. The van der Waals surface area contributed by atoms with Gasteiger partial charge in [0.05, 0.1) is 0 Å². The summed E-state index contributed by atoms with van der Waals surface area (Å²) in [5.74, 6) is 0.279. The third-order valence-corrected chi connectivity index (χ3v) is 3.65. The number of aryl methyl sites for hydroxylation is 1. The highest BCUT2D eigenvalue weighted by Gasteiger charge is 2.31. The molecule has 1 aromatic carbocycles. The first kappa shape index (κ1) is 15.8. The molecular formula is C17H26N2O2. The average molecular weight is 290 g/mol. The van der Waals surface area contributed by atoms with E-state index >= 15 is 0 Å². The third kappa shape index (κ3) is 4.46. The molecule has 4 nitrogen and oxygen atoms in total. The average Bonchev–Trinajstić information content (AvgIpc) is 2.36. The number of likely N-dealkylation sites (tertiary alicyclic amines) is 1. The lowest BCUT2D eigenvalue weighted by Crippen LogP contribution is -2.50. The van der Waals surface area contributed by atoms with Crippen LogP contribution in [-0.2, 0) is 4.74 Å². The predicted molar refractivity (Wildman–Crippen MR) is 84.3 cm³/mol. The van der Waals surface area contributed by atoms with Crippen molar-refractivity contribution in [2.75, 3.05) is 13.1 Å². The molecule has 1 aromatic rings. The largest absolute Gasteiger partial charge is 0.444 e. The van der Waals surface area contributed by atoms with Crippen molar-refractivity contribution >= 4 is 6.09 Å². The predicted octanol–water partition coefficient (Wildman–Crippen LogP) is 3.05. The lowest BCUT2D eigenvalue weighted by Gasteiger charge is -2.37. The number of rotatable bonds is 1. The summed E-state index contributed by atoms with van der Waals surface area (Å²) >= 11 is 0. The molecule has 0 radical (unpaired) electrons. The van der Waals surface area contributed by atoms with E-state index in [9.17, 15) is 4.79 Å². The Balaban J connectivity index is 2.10. The Hall–Kier alpha value is -1.55. The van der Waals surface area contributed by atoms with Crippen LogP contribution in [0.1, 0.15) is 44.2 Å². The maximum atomic E-state index is 12.3. The minimum absolute atomic E-state index is 0.00298. The number of amides is 1. The van der Waals surface area contributed by atoms with Crippen LogP contribution in [0.15, 0.2) is 24.3 Å². The molecule has 116 valence electrons. The van der Waals surface area contributed by atoms with E-state index < -0.39 is 5.60 Å². The van der Waals surface area contributed by atoms with E-state index in [1.54, 1.807) is 4.90 Å². The molecule has 1 fully saturated rings. The van der Waals surface area contributed by atoms with Crippen LogP contribution in [0.4, 0.5) is 4.79 Å². The highest BCUT2D eigenvalue weighted by atomic mass is 16.6. The molecule has 21 heavy (non-hydrogen) atoms. The summed E-state index contributed by atoms with van der Waals surface area (Å²) in [6.07, 6.45) is 0.637. The molecular weight excluding hydrogens is 264 g/mol. The number of piperidine rings is 1. The first-order valence-electron chi connectivity index (χ1n) is 7.54. The lowest BCUT2D eigenvalue weighted by atomic mass is 9.88. The quantitative estimate of drug-likeness (QED) is 0.865. The number of nitrogens with two attached hydrogens (primary N) is 1. The number of ether oxygens (including phenoxy) is 1. The van der Waals surface area contributed by atoms with Gasteiger partial charge in [0.15, 0.2) is 0 Å². The van der Waals surface area contributed by atoms with Gasteiger partial charge in [-0.05, 0) is 39.7 Å². The Bertz CT molecular complexity index is 508. The Morgan fingerprint density at radius 2 is 2.05 bits per heavy atom. The van der Waals surface area contributed by atoms with Crippen LogP contribution >= 0.6 is 0 Å². The van der Waals surface area contributed by atoms with Gasteiger partial charge in [-0.3, -0.25) is 0 Å². The highest BCUT2D eigenvalue weighted by molar-refractivity contribution is 5.68. The molecule has 2 N–H and O–H groups in total. The summed E-state index contributed by atoms with van der Waals surface area (Å²) < 4.78 is 5.46. The normalized spacial score (nSPS) is 23.0. The van der Waals surface area contributed by atoms with Crippen molar-refractivity contribution in [1.29, 1.82) is 0 Å². The molecule has 4 heteroatoms. The van der Waals surface area contributed by atoms with E-state index in [1.165, 1.54) is 11.1 Å². The second-order valence-electron chi connectivity index (χ2n) is 6.99. The summed E-state index contributed by atoms with van der Waals surface area (Å²) in [6, 6.07) is 8.43. The van der Waals surface area contributed by atoms with Crippen LogP contribution in [0, 0.1) is 6.92 Å². The number of carbonyl (C=O) groups is 1. The Kier molecular flexibility index (Phi) is 4.57. The number of carbonyl (C=O) groups excluding carboxylic acids is 1. The first-order valence-corrected chi connectivity index (χ1v) is 7.54. The highest BCUT2D eigenvalue weighted by Crippen LogP contribution is 2.28. The van der Waals surface area contributed by atoms with Crippen molar-refractivity contribution < 1.29 is 9.53 Å². The zero-order valence-corrected chi connectivity index (χ0v) is 13.4. The first-order chi connectivity index (χ1) is 9.74. The van der Waals surface area contributed by atoms with Crippen LogP contribution < -0.4 is 5.73 Å².